The fourth-order valence-corrected chi connectivity index (χ4v) is 1.33. The van der Waals surface area contributed by atoms with Crippen molar-refractivity contribution in [1.29, 1.82) is 0 Å². The van der Waals surface area contributed by atoms with Gasteiger partial charge in [0.2, 0.25) is 0 Å². The highest BCUT2D eigenvalue weighted by atomic mass is 16.4. The molecule has 0 aliphatic carbocycles. The number of nitrogens with zero attached hydrogens (tertiary/aromatic N) is 1. The lowest BCUT2D eigenvalue weighted by molar-refractivity contribution is -0.137. The highest BCUT2D eigenvalue weighted by Crippen LogP contribution is 2.17. The average Bonchev–Trinajstić information content (AvgIpc) is 2.74. The molecule has 0 radical (unpaired) electrons. The maximum absolute atomic E-state index is 10.3. The Morgan fingerprint density at radius 1 is 1.53 bits per heavy atom. The van der Waals surface area contributed by atoms with Gasteiger partial charge < -0.3 is 9.52 Å². The van der Waals surface area contributed by atoms with Gasteiger partial charge >= 0.3 is 5.97 Å². The molecule has 0 aliphatic heterocycles. The van der Waals surface area contributed by atoms with Gasteiger partial charge in [0.15, 0.2) is 11.7 Å². The number of aryl methyl sites for hydroxylation is 1. The molecule has 1 rings (SSSR count). The van der Waals surface area contributed by atoms with Crippen molar-refractivity contribution < 1.29 is 14.3 Å². The van der Waals surface area contributed by atoms with Crippen molar-refractivity contribution in [1.82, 2.24) is 4.98 Å². The molecule has 1 N–H and O–H groups in total. The first kappa shape index (κ1) is 13.0. The molecule has 1 aromatic rings. The monoisotopic (exact) mass is 233 g/mol. The quantitative estimate of drug-likeness (QED) is 0.735. The van der Waals surface area contributed by atoms with Crippen molar-refractivity contribution in [2.75, 3.05) is 0 Å². The number of aliphatic carboxylic acids is 1. The first-order chi connectivity index (χ1) is 8.17. The lowest BCUT2D eigenvalue weighted by Gasteiger charge is -1.95. The first-order valence-corrected chi connectivity index (χ1v) is 5.29. The van der Waals surface area contributed by atoms with E-state index in [0.717, 1.165) is 5.57 Å². The van der Waals surface area contributed by atoms with Crippen LogP contribution in [0.25, 0.3) is 5.57 Å². The van der Waals surface area contributed by atoms with Gasteiger partial charge in [-0.05, 0) is 6.42 Å². The zero-order valence-electron chi connectivity index (χ0n) is 9.56. The molecule has 1 heterocycles. The predicted molar refractivity (Wildman–Crippen MR) is 65.4 cm³/mol. The molecule has 0 amide bonds. The van der Waals surface area contributed by atoms with Crippen molar-refractivity contribution in [3.05, 3.63) is 49.2 Å². The van der Waals surface area contributed by atoms with Gasteiger partial charge in [0, 0.05) is 18.4 Å². The number of carboxylic acid groups (broad SMARTS) is 1. The summed E-state index contributed by atoms with van der Waals surface area (Å²) in [7, 11) is 0. The number of carbonyl (C=O) groups is 1. The summed E-state index contributed by atoms with van der Waals surface area (Å²) in [4.78, 5) is 14.4. The number of rotatable bonds is 7. The number of carboxylic acids is 1. The first-order valence-electron chi connectivity index (χ1n) is 5.29. The van der Waals surface area contributed by atoms with Crippen LogP contribution in [-0.2, 0) is 11.2 Å². The molecule has 1 aromatic heterocycles. The Labute approximate surface area is 100.0 Å². The Bertz CT molecular complexity index is 443. The van der Waals surface area contributed by atoms with Gasteiger partial charge in [-0.2, -0.15) is 0 Å². The molecule has 0 unspecified atom stereocenters. The second-order valence-corrected chi connectivity index (χ2v) is 3.43. The van der Waals surface area contributed by atoms with Crippen LogP contribution in [0.15, 0.2) is 42.0 Å². The molecule has 0 aromatic carbocycles. The zero-order chi connectivity index (χ0) is 12.7. The van der Waals surface area contributed by atoms with Crippen molar-refractivity contribution in [2.45, 2.75) is 19.3 Å². The lowest BCUT2D eigenvalue weighted by Crippen LogP contribution is -1.95. The molecule has 17 heavy (non-hydrogen) atoms. The predicted octanol–water partition coefficient (Wildman–Crippen LogP) is 2.84. The van der Waals surface area contributed by atoms with Crippen molar-refractivity contribution in [3.8, 4) is 0 Å². The molecule has 4 heteroatoms. The molecule has 0 saturated carbocycles. The standard InChI is InChI=1S/C13H15NO3/c1-3-6-10(4-2)11-9-14-12(17-11)7-5-8-13(15)16/h3-4,6,9H,1-2,5,7-8H2,(H,15,16)/b10-6+. The van der Waals surface area contributed by atoms with Gasteiger partial charge in [0.1, 0.15) is 0 Å². The summed E-state index contributed by atoms with van der Waals surface area (Å²) in [5.41, 5.74) is 0.803. The minimum atomic E-state index is -0.810. The van der Waals surface area contributed by atoms with E-state index in [1.165, 1.54) is 0 Å². The van der Waals surface area contributed by atoms with E-state index < -0.39 is 5.97 Å². The van der Waals surface area contributed by atoms with E-state index in [2.05, 4.69) is 18.1 Å². The summed E-state index contributed by atoms with van der Waals surface area (Å²) < 4.78 is 5.48. The van der Waals surface area contributed by atoms with E-state index >= 15 is 0 Å². The van der Waals surface area contributed by atoms with Gasteiger partial charge in [-0.25, -0.2) is 4.98 Å². The van der Waals surface area contributed by atoms with Crippen LogP contribution < -0.4 is 0 Å². The van der Waals surface area contributed by atoms with E-state index in [1.54, 1.807) is 24.4 Å². The van der Waals surface area contributed by atoms with E-state index in [1.807, 2.05) is 0 Å². The largest absolute Gasteiger partial charge is 0.481 e. The van der Waals surface area contributed by atoms with Gasteiger partial charge in [0.05, 0.1) is 6.20 Å². The van der Waals surface area contributed by atoms with E-state index in [9.17, 15) is 4.79 Å². The molecule has 0 bridgehead atoms. The van der Waals surface area contributed by atoms with Crippen LogP contribution >= 0.6 is 0 Å². The summed E-state index contributed by atoms with van der Waals surface area (Å²) in [6, 6.07) is 0. The van der Waals surface area contributed by atoms with Crippen molar-refractivity contribution >= 4 is 11.5 Å². The third-order valence-corrected chi connectivity index (χ3v) is 2.14. The summed E-state index contributed by atoms with van der Waals surface area (Å²) >= 11 is 0. The molecular formula is C13H15NO3. The molecule has 0 spiro atoms. The highest BCUT2D eigenvalue weighted by Gasteiger charge is 2.07. The van der Waals surface area contributed by atoms with Crippen LogP contribution in [-0.4, -0.2) is 16.1 Å². The zero-order valence-corrected chi connectivity index (χ0v) is 9.56. The Morgan fingerprint density at radius 3 is 2.88 bits per heavy atom. The summed E-state index contributed by atoms with van der Waals surface area (Å²) in [5.74, 6) is 0.346. The van der Waals surface area contributed by atoms with E-state index in [-0.39, 0.29) is 6.42 Å². The molecule has 0 aliphatic rings. The second-order valence-electron chi connectivity index (χ2n) is 3.43. The average molecular weight is 233 g/mol. The number of allylic oxidation sites excluding steroid dienone is 4. The van der Waals surface area contributed by atoms with Crippen LogP contribution in [0.2, 0.25) is 0 Å². The van der Waals surface area contributed by atoms with Gasteiger partial charge in [-0.15, -0.1) is 0 Å². The number of hydrogen-bond acceptors (Lipinski definition) is 3. The second kappa shape index (κ2) is 6.48. The van der Waals surface area contributed by atoms with Crippen LogP contribution in [0.1, 0.15) is 24.5 Å². The molecule has 4 nitrogen and oxygen atoms in total. The van der Waals surface area contributed by atoms with Gasteiger partial charge in [-0.1, -0.05) is 31.4 Å². The summed E-state index contributed by atoms with van der Waals surface area (Å²) in [6.07, 6.45) is 7.83. The SMILES string of the molecule is C=C/C=C(\C=C)c1cnc(CCCC(=O)O)o1. The Balaban J connectivity index is 2.64. The van der Waals surface area contributed by atoms with Crippen LogP contribution in [0.3, 0.4) is 0 Å². The smallest absolute Gasteiger partial charge is 0.303 e. The molecular weight excluding hydrogens is 218 g/mol. The fraction of sp³-hybridized carbons (Fsp3) is 0.231. The van der Waals surface area contributed by atoms with Crippen molar-refractivity contribution in [3.63, 3.8) is 0 Å². The minimum absolute atomic E-state index is 0.120. The molecule has 0 atom stereocenters. The molecule has 0 fully saturated rings. The third-order valence-electron chi connectivity index (χ3n) is 2.14. The van der Waals surface area contributed by atoms with Gasteiger partial charge in [-0.3, -0.25) is 4.79 Å². The van der Waals surface area contributed by atoms with Gasteiger partial charge in [0.25, 0.3) is 0 Å². The Hall–Kier alpha value is -2.10. The third kappa shape index (κ3) is 4.10. The van der Waals surface area contributed by atoms with Crippen LogP contribution in [0, 0.1) is 0 Å². The fourth-order valence-electron chi connectivity index (χ4n) is 1.33. The summed E-state index contributed by atoms with van der Waals surface area (Å²) in [5, 5.41) is 8.51. The van der Waals surface area contributed by atoms with E-state index in [4.69, 9.17) is 9.52 Å². The molecule has 0 saturated heterocycles. The number of hydrogen-bond donors (Lipinski definition) is 1. The van der Waals surface area contributed by atoms with E-state index in [0.29, 0.717) is 24.5 Å². The highest BCUT2D eigenvalue weighted by molar-refractivity contribution is 5.70. The normalized spacial score (nSPS) is 11.2. The number of aromatic nitrogens is 1. The minimum Gasteiger partial charge on any atom is -0.481 e. The van der Waals surface area contributed by atoms with Crippen LogP contribution in [0.5, 0.6) is 0 Å². The summed E-state index contributed by atoms with van der Waals surface area (Å²) in [6.45, 7) is 7.27. The Morgan fingerprint density at radius 2 is 2.29 bits per heavy atom. The van der Waals surface area contributed by atoms with Crippen molar-refractivity contribution in [2.24, 2.45) is 0 Å². The topological polar surface area (TPSA) is 63.3 Å². The number of oxazole rings is 1. The molecule has 90 valence electrons. The lowest BCUT2D eigenvalue weighted by atomic mass is 10.2. The Kier molecular flexibility index (Phi) is 4.94. The van der Waals surface area contributed by atoms with Crippen LogP contribution in [0.4, 0.5) is 0 Å². The maximum Gasteiger partial charge on any atom is 0.303 e. The maximum atomic E-state index is 10.3.